The highest BCUT2D eigenvalue weighted by molar-refractivity contribution is 6.31. The second-order valence-electron chi connectivity index (χ2n) is 7.29. The first kappa shape index (κ1) is 19.3. The van der Waals surface area contributed by atoms with Gasteiger partial charge in [0, 0.05) is 11.4 Å². The van der Waals surface area contributed by atoms with E-state index in [0.717, 1.165) is 0 Å². The van der Waals surface area contributed by atoms with E-state index in [4.69, 9.17) is 11.6 Å². The Labute approximate surface area is 165 Å². The normalized spacial score (nSPS) is 29.9. The van der Waals surface area contributed by atoms with Crippen LogP contribution in [-0.4, -0.2) is 69.5 Å². The second kappa shape index (κ2) is 7.44. The maximum Gasteiger partial charge on any atom is 0.245 e. The van der Waals surface area contributed by atoms with Gasteiger partial charge in [0.1, 0.15) is 17.7 Å². The third-order valence-electron chi connectivity index (χ3n) is 5.40. The minimum atomic E-state index is -1.68. The summed E-state index contributed by atoms with van der Waals surface area (Å²) in [4.78, 5) is 15.5. The van der Waals surface area contributed by atoms with Gasteiger partial charge in [-0.1, -0.05) is 17.7 Å². The topological polar surface area (TPSA) is 59.4 Å². The lowest BCUT2D eigenvalue weighted by molar-refractivity contribution is -0.144. The number of hydrogen-bond donors (Lipinski definition) is 1. The Kier molecular flexibility index (Phi) is 5.13. The van der Waals surface area contributed by atoms with Crippen LogP contribution in [0.4, 0.5) is 13.2 Å². The summed E-state index contributed by atoms with van der Waals surface area (Å²) in [5.74, 6) is -0.327. The molecule has 0 bridgehead atoms. The van der Waals surface area contributed by atoms with Crippen molar-refractivity contribution >= 4 is 23.3 Å². The summed E-state index contributed by atoms with van der Waals surface area (Å²) in [5, 5.41) is 16.7. The average molecular weight is 417 g/mol. The van der Waals surface area contributed by atoms with Crippen molar-refractivity contribution in [1.29, 1.82) is 0 Å². The lowest BCUT2D eigenvalue weighted by Crippen LogP contribution is -2.56. The summed E-state index contributed by atoms with van der Waals surface area (Å²) in [5.41, 5.74) is 0.578. The molecule has 152 valence electrons. The minimum Gasteiger partial charge on any atom is -0.355 e. The number of carbonyl (C=O) groups excluding carboxylic acids is 1. The molecular weight excluding hydrogens is 397 g/mol. The van der Waals surface area contributed by atoms with Crippen LogP contribution in [-0.2, 0) is 11.3 Å². The molecule has 2 saturated heterocycles. The number of fused-ring (bicyclic) bond motifs is 1. The molecule has 0 radical (unpaired) electrons. The highest BCUT2D eigenvalue weighted by Gasteiger charge is 2.46. The molecule has 10 heteroatoms. The maximum absolute atomic E-state index is 13.5. The van der Waals surface area contributed by atoms with Crippen molar-refractivity contribution in [2.24, 2.45) is 5.10 Å². The highest BCUT2D eigenvalue weighted by Crippen LogP contribution is 2.32. The van der Waals surface area contributed by atoms with Crippen LogP contribution in [0.2, 0.25) is 5.02 Å². The van der Waals surface area contributed by atoms with Crippen molar-refractivity contribution in [3.63, 3.8) is 0 Å². The number of aliphatic hydroxyl groups is 1. The Hall–Kier alpha value is -2.00. The molecule has 0 aromatic heterocycles. The van der Waals surface area contributed by atoms with E-state index in [2.05, 4.69) is 5.10 Å². The van der Waals surface area contributed by atoms with Gasteiger partial charge in [-0.3, -0.25) is 4.79 Å². The van der Waals surface area contributed by atoms with E-state index in [1.807, 2.05) is 0 Å². The first-order chi connectivity index (χ1) is 13.3. The fourth-order valence-corrected chi connectivity index (χ4v) is 4.17. The molecule has 3 aliphatic heterocycles. The molecule has 4 rings (SSSR count). The van der Waals surface area contributed by atoms with E-state index < -0.39 is 36.5 Å². The van der Waals surface area contributed by atoms with Crippen LogP contribution in [0.5, 0.6) is 0 Å². The fraction of sp³-hybridized carbons (Fsp3) is 0.556. The summed E-state index contributed by atoms with van der Waals surface area (Å²) in [6.45, 7) is -0.423. The van der Waals surface area contributed by atoms with Gasteiger partial charge in [0.2, 0.25) is 12.3 Å². The van der Waals surface area contributed by atoms with E-state index >= 15 is 0 Å². The monoisotopic (exact) mass is 416 g/mol. The maximum atomic E-state index is 13.5. The fourth-order valence-electron chi connectivity index (χ4n) is 3.94. The Morgan fingerprint density at radius 3 is 2.68 bits per heavy atom. The number of amides is 1. The summed E-state index contributed by atoms with van der Waals surface area (Å²) in [6, 6.07) is 3.23. The molecule has 0 aliphatic carbocycles. The lowest BCUT2D eigenvalue weighted by atomic mass is 10.0. The molecule has 1 unspecified atom stereocenters. The largest absolute Gasteiger partial charge is 0.355 e. The van der Waals surface area contributed by atoms with Gasteiger partial charge in [-0.25, -0.2) is 18.2 Å². The van der Waals surface area contributed by atoms with Gasteiger partial charge in [-0.15, -0.1) is 0 Å². The summed E-state index contributed by atoms with van der Waals surface area (Å²) in [6.07, 6.45) is -2.86. The quantitative estimate of drug-likeness (QED) is 0.821. The Balaban J connectivity index is 1.51. The van der Waals surface area contributed by atoms with Gasteiger partial charge in [0.25, 0.3) is 0 Å². The molecule has 0 spiro atoms. The van der Waals surface area contributed by atoms with Gasteiger partial charge >= 0.3 is 0 Å². The number of halogens is 4. The van der Waals surface area contributed by atoms with Crippen LogP contribution in [0, 0.1) is 5.82 Å². The van der Waals surface area contributed by atoms with Gasteiger partial charge < -0.3 is 14.9 Å². The van der Waals surface area contributed by atoms with E-state index in [9.17, 15) is 23.1 Å². The molecular formula is C18H20ClF3N4O2. The molecule has 3 heterocycles. The average Bonchev–Trinajstić information content (AvgIpc) is 3.16. The van der Waals surface area contributed by atoms with Gasteiger partial charge in [-0.2, -0.15) is 5.10 Å². The molecule has 6 nitrogen and oxygen atoms in total. The van der Waals surface area contributed by atoms with Crippen LogP contribution in [0.1, 0.15) is 24.8 Å². The summed E-state index contributed by atoms with van der Waals surface area (Å²) in [7, 11) is 0. The molecule has 1 aromatic rings. The standard InChI is InChI=1S/C18H20ClF3N4O2/c19-12-6-11(20)5-4-10(12)7-25-18(28)26-15(2-1-3-16(26)23-25)17(27)24-8-13(21)14(22)9-24/h4-6,13-15,18,28H,1-3,7-9H2/t13-,14+,15-,18?/m0/s1. The number of likely N-dealkylation sites (tertiary alicyclic amines) is 1. The molecule has 3 aliphatic rings. The number of nitrogens with zero attached hydrogens (tertiary/aromatic N) is 4. The van der Waals surface area contributed by atoms with Crippen molar-refractivity contribution in [1.82, 2.24) is 14.8 Å². The highest BCUT2D eigenvalue weighted by atomic mass is 35.5. The number of aliphatic hydroxyl groups excluding tert-OH is 1. The summed E-state index contributed by atoms with van der Waals surface area (Å²) >= 11 is 6.06. The van der Waals surface area contributed by atoms with Gasteiger partial charge in [0.15, 0.2) is 12.3 Å². The zero-order chi connectivity index (χ0) is 20.0. The summed E-state index contributed by atoms with van der Waals surface area (Å²) < 4.78 is 40.3. The van der Waals surface area contributed by atoms with E-state index in [0.29, 0.717) is 30.7 Å². The predicted molar refractivity (Wildman–Crippen MR) is 96.2 cm³/mol. The van der Waals surface area contributed by atoms with Crippen LogP contribution in [0.15, 0.2) is 23.3 Å². The van der Waals surface area contributed by atoms with Crippen LogP contribution in [0.25, 0.3) is 0 Å². The first-order valence-electron chi connectivity index (χ1n) is 9.16. The number of piperidine rings is 1. The third-order valence-corrected chi connectivity index (χ3v) is 5.75. The number of alkyl halides is 2. The molecule has 1 aromatic carbocycles. The molecule has 1 N–H and O–H groups in total. The number of hydrazone groups is 1. The molecule has 28 heavy (non-hydrogen) atoms. The van der Waals surface area contributed by atoms with Crippen molar-refractivity contribution in [3.05, 3.63) is 34.6 Å². The molecule has 0 saturated carbocycles. The van der Waals surface area contributed by atoms with Crippen molar-refractivity contribution in [2.75, 3.05) is 13.1 Å². The third kappa shape index (κ3) is 3.41. The number of benzene rings is 1. The molecule has 1 amide bonds. The van der Waals surface area contributed by atoms with Crippen LogP contribution >= 0.6 is 11.6 Å². The predicted octanol–water partition coefficient (Wildman–Crippen LogP) is 2.26. The molecule has 4 atom stereocenters. The Morgan fingerprint density at radius 1 is 1.29 bits per heavy atom. The van der Waals surface area contributed by atoms with E-state index in [1.165, 1.54) is 33.0 Å². The number of amidine groups is 1. The van der Waals surface area contributed by atoms with Crippen LogP contribution in [0.3, 0.4) is 0 Å². The van der Waals surface area contributed by atoms with E-state index in [-0.39, 0.29) is 24.7 Å². The lowest BCUT2D eigenvalue weighted by Gasteiger charge is -2.38. The number of hydrogen-bond acceptors (Lipinski definition) is 5. The first-order valence-corrected chi connectivity index (χ1v) is 9.54. The van der Waals surface area contributed by atoms with E-state index in [1.54, 1.807) is 0 Å². The van der Waals surface area contributed by atoms with Crippen molar-refractivity contribution < 1.29 is 23.1 Å². The Morgan fingerprint density at radius 2 is 2.00 bits per heavy atom. The number of rotatable bonds is 3. The SMILES string of the molecule is O=C([C@@H]1CCCC2=NN(Cc3ccc(F)cc3Cl)C(O)N21)N1C[C@@H](F)[C@@H](F)C1. The second-order valence-corrected chi connectivity index (χ2v) is 7.69. The zero-order valence-corrected chi connectivity index (χ0v) is 15.7. The minimum absolute atomic E-state index is 0.129. The van der Waals surface area contributed by atoms with Crippen molar-refractivity contribution in [2.45, 2.75) is 50.5 Å². The van der Waals surface area contributed by atoms with Gasteiger partial charge in [0.05, 0.1) is 19.6 Å². The van der Waals surface area contributed by atoms with Crippen molar-refractivity contribution in [3.8, 4) is 0 Å². The van der Waals surface area contributed by atoms with Gasteiger partial charge in [-0.05, 0) is 30.5 Å². The Bertz CT molecular complexity index is 801. The number of carbonyl (C=O) groups is 1. The smallest absolute Gasteiger partial charge is 0.245 e. The zero-order valence-electron chi connectivity index (χ0n) is 14.9. The van der Waals surface area contributed by atoms with Crippen LogP contribution < -0.4 is 0 Å². The molecule has 2 fully saturated rings.